The van der Waals surface area contributed by atoms with Crippen LogP contribution in [0.4, 0.5) is 0 Å². The molecule has 0 bridgehead atoms. The van der Waals surface area contributed by atoms with Crippen LogP contribution in [-0.4, -0.2) is 55.0 Å². The number of nitrogens with two attached hydrogens (primary N) is 1. The lowest BCUT2D eigenvalue weighted by Crippen LogP contribution is -2.40. The SMILES string of the molecule is CC(N)CCN(C)C1CCN(C)C1=O. The second kappa shape index (κ2) is 4.75. The largest absolute Gasteiger partial charge is 0.344 e. The van der Waals surface area contributed by atoms with Gasteiger partial charge in [0.25, 0.3) is 0 Å². The number of rotatable bonds is 4. The van der Waals surface area contributed by atoms with Gasteiger partial charge in [-0.3, -0.25) is 9.69 Å². The first-order valence-electron chi connectivity index (χ1n) is 5.23. The second-order valence-corrected chi connectivity index (χ2v) is 4.31. The highest BCUT2D eigenvalue weighted by Crippen LogP contribution is 2.14. The molecule has 1 aliphatic heterocycles. The van der Waals surface area contributed by atoms with Crippen LogP contribution in [0.25, 0.3) is 0 Å². The van der Waals surface area contributed by atoms with Crippen LogP contribution in [0.15, 0.2) is 0 Å². The lowest BCUT2D eigenvalue weighted by Gasteiger charge is -2.23. The Morgan fingerprint density at radius 2 is 2.36 bits per heavy atom. The molecule has 1 aliphatic rings. The molecule has 2 N–H and O–H groups in total. The highest BCUT2D eigenvalue weighted by atomic mass is 16.2. The molecular formula is C10H21N3O. The third kappa shape index (κ3) is 2.69. The number of carbonyl (C=O) groups is 1. The Balaban J connectivity index is 2.37. The third-order valence-corrected chi connectivity index (χ3v) is 2.87. The predicted molar refractivity (Wildman–Crippen MR) is 56.9 cm³/mol. The van der Waals surface area contributed by atoms with E-state index in [0.29, 0.717) is 0 Å². The topological polar surface area (TPSA) is 49.6 Å². The standard InChI is InChI=1S/C10H21N3O/c1-8(11)4-6-12(2)9-5-7-13(3)10(9)14/h8-9H,4-7,11H2,1-3H3. The first-order valence-corrected chi connectivity index (χ1v) is 5.23. The van der Waals surface area contributed by atoms with E-state index in [0.717, 1.165) is 25.9 Å². The molecule has 0 saturated carbocycles. The van der Waals surface area contributed by atoms with Crippen molar-refractivity contribution in [1.82, 2.24) is 9.80 Å². The van der Waals surface area contributed by atoms with Crippen molar-refractivity contribution in [2.75, 3.05) is 27.2 Å². The van der Waals surface area contributed by atoms with E-state index in [2.05, 4.69) is 4.90 Å². The predicted octanol–water partition coefficient (Wildman–Crippen LogP) is -0.114. The zero-order chi connectivity index (χ0) is 10.7. The number of carbonyl (C=O) groups excluding carboxylic acids is 1. The average Bonchev–Trinajstić information content (AvgIpc) is 2.44. The molecule has 0 spiro atoms. The highest BCUT2D eigenvalue weighted by Gasteiger charge is 2.31. The van der Waals surface area contributed by atoms with E-state index >= 15 is 0 Å². The van der Waals surface area contributed by atoms with E-state index in [4.69, 9.17) is 5.73 Å². The van der Waals surface area contributed by atoms with E-state index in [9.17, 15) is 4.79 Å². The van der Waals surface area contributed by atoms with Gasteiger partial charge in [-0.15, -0.1) is 0 Å². The highest BCUT2D eigenvalue weighted by molar-refractivity contribution is 5.83. The number of hydrogen-bond acceptors (Lipinski definition) is 3. The number of likely N-dealkylation sites (N-methyl/N-ethyl adjacent to an activating group) is 2. The minimum absolute atomic E-state index is 0.0822. The van der Waals surface area contributed by atoms with Crippen LogP contribution >= 0.6 is 0 Å². The molecular weight excluding hydrogens is 178 g/mol. The van der Waals surface area contributed by atoms with Crippen LogP contribution < -0.4 is 5.73 Å². The molecule has 4 nitrogen and oxygen atoms in total. The molecule has 1 heterocycles. The molecule has 14 heavy (non-hydrogen) atoms. The molecule has 1 rings (SSSR count). The Hall–Kier alpha value is -0.610. The number of nitrogens with zero attached hydrogens (tertiary/aromatic N) is 2. The normalized spacial score (nSPS) is 24.8. The summed E-state index contributed by atoms with van der Waals surface area (Å²) in [6, 6.07) is 0.297. The smallest absolute Gasteiger partial charge is 0.239 e. The summed E-state index contributed by atoms with van der Waals surface area (Å²) in [5, 5.41) is 0. The van der Waals surface area contributed by atoms with Gasteiger partial charge in [0, 0.05) is 26.2 Å². The van der Waals surface area contributed by atoms with Crippen LogP contribution in [0.1, 0.15) is 19.8 Å². The van der Waals surface area contributed by atoms with Gasteiger partial charge in [0.1, 0.15) is 0 Å². The van der Waals surface area contributed by atoms with Crippen LogP contribution in [0, 0.1) is 0 Å². The molecule has 2 unspecified atom stereocenters. The summed E-state index contributed by atoms with van der Waals surface area (Å²) < 4.78 is 0. The maximum atomic E-state index is 11.6. The lowest BCUT2D eigenvalue weighted by atomic mass is 10.2. The Morgan fingerprint density at radius 3 is 2.79 bits per heavy atom. The Kier molecular flexibility index (Phi) is 3.89. The Labute approximate surface area is 86.0 Å². The maximum Gasteiger partial charge on any atom is 0.239 e. The summed E-state index contributed by atoms with van der Waals surface area (Å²) in [5.41, 5.74) is 5.68. The van der Waals surface area contributed by atoms with Crippen molar-refractivity contribution in [3.8, 4) is 0 Å². The third-order valence-electron chi connectivity index (χ3n) is 2.87. The van der Waals surface area contributed by atoms with Gasteiger partial charge in [0.15, 0.2) is 0 Å². The van der Waals surface area contributed by atoms with Gasteiger partial charge in [0.05, 0.1) is 6.04 Å². The fraction of sp³-hybridized carbons (Fsp3) is 0.900. The van der Waals surface area contributed by atoms with Gasteiger partial charge in [-0.2, -0.15) is 0 Å². The van der Waals surface area contributed by atoms with E-state index in [1.165, 1.54) is 0 Å². The molecule has 4 heteroatoms. The Bertz CT molecular complexity index is 206. The monoisotopic (exact) mass is 199 g/mol. The van der Waals surface area contributed by atoms with Gasteiger partial charge in [-0.1, -0.05) is 0 Å². The van der Waals surface area contributed by atoms with Crippen molar-refractivity contribution in [2.45, 2.75) is 31.8 Å². The average molecular weight is 199 g/mol. The zero-order valence-electron chi connectivity index (χ0n) is 9.36. The minimum Gasteiger partial charge on any atom is -0.344 e. The van der Waals surface area contributed by atoms with Crippen molar-refractivity contribution in [2.24, 2.45) is 5.73 Å². The molecule has 0 radical (unpaired) electrons. The van der Waals surface area contributed by atoms with Crippen LogP contribution in [0.2, 0.25) is 0 Å². The molecule has 82 valence electrons. The van der Waals surface area contributed by atoms with Crippen molar-refractivity contribution in [1.29, 1.82) is 0 Å². The molecule has 0 aromatic heterocycles. The molecule has 1 fully saturated rings. The summed E-state index contributed by atoms with van der Waals surface area (Å²) in [4.78, 5) is 15.6. The summed E-state index contributed by atoms with van der Waals surface area (Å²) in [6.07, 6.45) is 1.90. The zero-order valence-corrected chi connectivity index (χ0v) is 9.36. The maximum absolute atomic E-state index is 11.6. The quantitative estimate of drug-likeness (QED) is 0.687. The van der Waals surface area contributed by atoms with Crippen molar-refractivity contribution >= 4 is 5.91 Å². The van der Waals surface area contributed by atoms with Gasteiger partial charge in [0.2, 0.25) is 5.91 Å². The number of likely N-dealkylation sites (tertiary alicyclic amines) is 1. The Morgan fingerprint density at radius 1 is 1.71 bits per heavy atom. The molecule has 1 saturated heterocycles. The first kappa shape index (κ1) is 11.5. The minimum atomic E-state index is 0.0822. The fourth-order valence-electron chi connectivity index (χ4n) is 1.78. The van der Waals surface area contributed by atoms with Crippen molar-refractivity contribution in [3.63, 3.8) is 0 Å². The van der Waals surface area contributed by atoms with Crippen LogP contribution in [-0.2, 0) is 4.79 Å². The van der Waals surface area contributed by atoms with Gasteiger partial charge >= 0.3 is 0 Å². The van der Waals surface area contributed by atoms with E-state index in [1.54, 1.807) is 4.90 Å². The molecule has 0 aromatic rings. The molecule has 0 aromatic carbocycles. The van der Waals surface area contributed by atoms with E-state index < -0.39 is 0 Å². The van der Waals surface area contributed by atoms with Gasteiger partial charge < -0.3 is 10.6 Å². The van der Waals surface area contributed by atoms with E-state index in [1.807, 2.05) is 21.0 Å². The van der Waals surface area contributed by atoms with Crippen molar-refractivity contribution in [3.05, 3.63) is 0 Å². The van der Waals surface area contributed by atoms with Gasteiger partial charge in [-0.25, -0.2) is 0 Å². The van der Waals surface area contributed by atoms with Crippen LogP contribution in [0.3, 0.4) is 0 Å². The summed E-state index contributed by atoms with van der Waals surface area (Å²) >= 11 is 0. The number of hydrogen-bond donors (Lipinski definition) is 1. The second-order valence-electron chi connectivity index (χ2n) is 4.31. The summed E-state index contributed by atoms with van der Waals surface area (Å²) in [7, 11) is 3.87. The van der Waals surface area contributed by atoms with Gasteiger partial charge in [-0.05, 0) is 26.8 Å². The summed E-state index contributed by atoms with van der Waals surface area (Å²) in [6.45, 7) is 3.78. The summed E-state index contributed by atoms with van der Waals surface area (Å²) in [5.74, 6) is 0.247. The number of amides is 1. The molecule has 0 aliphatic carbocycles. The fourth-order valence-corrected chi connectivity index (χ4v) is 1.78. The first-order chi connectivity index (χ1) is 6.52. The van der Waals surface area contributed by atoms with Crippen LogP contribution in [0.5, 0.6) is 0 Å². The van der Waals surface area contributed by atoms with Crippen molar-refractivity contribution < 1.29 is 4.79 Å². The lowest BCUT2D eigenvalue weighted by molar-refractivity contribution is -0.130. The van der Waals surface area contributed by atoms with E-state index in [-0.39, 0.29) is 18.0 Å². The molecule has 2 atom stereocenters. The molecule has 1 amide bonds.